The van der Waals surface area contributed by atoms with Crippen LogP contribution in [0.1, 0.15) is 17.8 Å². The molecule has 10 heteroatoms. The van der Waals surface area contributed by atoms with Gasteiger partial charge in [-0.05, 0) is 17.7 Å². The number of thioether (sulfide) groups is 1. The van der Waals surface area contributed by atoms with Crippen molar-refractivity contribution in [2.24, 2.45) is 7.05 Å². The van der Waals surface area contributed by atoms with Crippen LogP contribution in [0.2, 0.25) is 0 Å². The summed E-state index contributed by atoms with van der Waals surface area (Å²) in [6, 6.07) is 17.4. The summed E-state index contributed by atoms with van der Waals surface area (Å²) in [6.07, 6.45) is -0.349. The summed E-state index contributed by atoms with van der Waals surface area (Å²) in [6.45, 7) is 0.362. The summed E-state index contributed by atoms with van der Waals surface area (Å²) >= 11 is 2.93. The van der Waals surface area contributed by atoms with Gasteiger partial charge in [-0.1, -0.05) is 54.2 Å². The molecule has 170 valence electrons. The van der Waals surface area contributed by atoms with Crippen LogP contribution in [0.4, 0.5) is 0 Å². The van der Waals surface area contributed by atoms with Crippen LogP contribution in [0, 0.1) is 0 Å². The fraction of sp³-hybridized carbons (Fsp3) is 0.167. The Balaban J connectivity index is 1.21. The minimum absolute atomic E-state index is 0.134. The van der Waals surface area contributed by atoms with Crippen LogP contribution in [0.25, 0.3) is 21.3 Å². The Hall–Kier alpha value is -3.63. The second kappa shape index (κ2) is 8.62. The van der Waals surface area contributed by atoms with Gasteiger partial charge in [-0.3, -0.25) is 4.79 Å². The Morgan fingerprint density at radius 2 is 1.91 bits per heavy atom. The Labute approximate surface area is 202 Å². The van der Waals surface area contributed by atoms with Gasteiger partial charge in [0.15, 0.2) is 28.6 Å². The van der Waals surface area contributed by atoms with E-state index in [1.807, 2.05) is 71.6 Å². The fourth-order valence-corrected chi connectivity index (χ4v) is 5.66. The molecule has 0 aliphatic carbocycles. The van der Waals surface area contributed by atoms with Gasteiger partial charge in [-0.25, -0.2) is 4.98 Å². The molecular weight excluding hydrogens is 470 g/mol. The average Bonchev–Trinajstić information content (AvgIpc) is 3.47. The van der Waals surface area contributed by atoms with E-state index in [4.69, 9.17) is 9.47 Å². The van der Waals surface area contributed by atoms with Crippen molar-refractivity contribution in [2.75, 3.05) is 6.61 Å². The maximum atomic E-state index is 12.9. The predicted octanol–water partition coefficient (Wildman–Crippen LogP) is 4.58. The summed E-state index contributed by atoms with van der Waals surface area (Å²) in [4.78, 5) is 21.2. The molecule has 6 rings (SSSR count). The lowest BCUT2D eigenvalue weighted by Gasteiger charge is -2.25. The first kappa shape index (κ1) is 20.9. The zero-order valence-electron chi connectivity index (χ0n) is 18.1. The molecular formula is C24H19N5O3S2. The molecule has 1 aliphatic heterocycles. The van der Waals surface area contributed by atoms with Crippen molar-refractivity contribution in [3.63, 3.8) is 0 Å². The van der Waals surface area contributed by atoms with Gasteiger partial charge in [0.1, 0.15) is 17.3 Å². The number of para-hydroxylation sites is 2. The first-order valence-corrected chi connectivity index (χ1v) is 12.5. The Bertz CT molecular complexity index is 1540. The van der Waals surface area contributed by atoms with Crippen LogP contribution in [0.15, 0.2) is 69.9 Å². The summed E-state index contributed by atoms with van der Waals surface area (Å²) in [5.74, 6) is 3.15. The van der Waals surface area contributed by atoms with Crippen LogP contribution in [0.3, 0.4) is 0 Å². The number of nitrogens with one attached hydrogen (secondary N) is 1. The van der Waals surface area contributed by atoms with Gasteiger partial charge in [-0.15, -0.1) is 21.5 Å². The SMILES string of the molecule is Cn1c(SCc2nc3scc(-c4ccccc4)c3c(=O)[nH]2)nnc1C1COc2ccccc2O1. The number of H-pyrrole nitrogens is 1. The normalized spacial score (nSPS) is 15.0. The topological polar surface area (TPSA) is 94.9 Å². The molecule has 0 saturated heterocycles. The van der Waals surface area contributed by atoms with Crippen LogP contribution < -0.4 is 15.0 Å². The van der Waals surface area contributed by atoms with Gasteiger partial charge in [-0.2, -0.15) is 0 Å². The Morgan fingerprint density at radius 3 is 2.76 bits per heavy atom. The van der Waals surface area contributed by atoms with Gasteiger partial charge in [0, 0.05) is 18.0 Å². The minimum atomic E-state index is -0.349. The van der Waals surface area contributed by atoms with Gasteiger partial charge < -0.3 is 19.0 Å². The number of fused-ring (bicyclic) bond motifs is 2. The van der Waals surface area contributed by atoms with E-state index >= 15 is 0 Å². The summed E-state index contributed by atoms with van der Waals surface area (Å²) in [5.41, 5.74) is 1.78. The molecule has 0 saturated carbocycles. The largest absolute Gasteiger partial charge is 0.485 e. The molecule has 8 nitrogen and oxygen atoms in total. The molecule has 34 heavy (non-hydrogen) atoms. The third-order valence-corrected chi connectivity index (χ3v) is 7.48. The highest BCUT2D eigenvalue weighted by Gasteiger charge is 2.27. The monoisotopic (exact) mass is 489 g/mol. The van der Waals surface area contributed by atoms with Crippen molar-refractivity contribution in [3.8, 4) is 22.6 Å². The van der Waals surface area contributed by atoms with E-state index in [0.717, 1.165) is 21.7 Å². The van der Waals surface area contributed by atoms with Crippen molar-refractivity contribution in [1.82, 2.24) is 24.7 Å². The maximum absolute atomic E-state index is 12.9. The first-order chi connectivity index (χ1) is 16.7. The van der Waals surface area contributed by atoms with Crippen molar-refractivity contribution in [2.45, 2.75) is 17.0 Å². The Kier molecular flexibility index (Phi) is 5.31. The number of benzene rings is 2. The molecule has 1 N–H and O–H groups in total. The molecule has 5 aromatic rings. The van der Waals surface area contributed by atoms with E-state index < -0.39 is 0 Å². The lowest BCUT2D eigenvalue weighted by Crippen LogP contribution is -2.24. The van der Waals surface area contributed by atoms with Gasteiger partial charge in [0.05, 0.1) is 11.1 Å². The van der Waals surface area contributed by atoms with E-state index in [1.54, 1.807) is 0 Å². The zero-order chi connectivity index (χ0) is 23.1. The van der Waals surface area contributed by atoms with Gasteiger partial charge >= 0.3 is 0 Å². The van der Waals surface area contributed by atoms with E-state index in [2.05, 4.69) is 20.2 Å². The highest BCUT2D eigenvalue weighted by molar-refractivity contribution is 7.98. The predicted molar refractivity (Wildman–Crippen MR) is 132 cm³/mol. The quantitative estimate of drug-likeness (QED) is 0.361. The number of hydrogen-bond donors (Lipinski definition) is 1. The minimum Gasteiger partial charge on any atom is -0.485 e. The van der Waals surface area contributed by atoms with E-state index in [1.165, 1.54) is 23.1 Å². The van der Waals surface area contributed by atoms with Gasteiger partial charge in [0.25, 0.3) is 5.56 Å². The maximum Gasteiger partial charge on any atom is 0.260 e. The number of hydrogen-bond acceptors (Lipinski definition) is 8. The molecule has 0 radical (unpaired) electrons. The van der Waals surface area contributed by atoms with Crippen molar-refractivity contribution >= 4 is 33.3 Å². The highest BCUT2D eigenvalue weighted by Crippen LogP contribution is 2.36. The molecule has 0 spiro atoms. The average molecular weight is 490 g/mol. The second-order valence-electron chi connectivity index (χ2n) is 7.76. The number of aromatic amines is 1. The smallest absolute Gasteiger partial charge is 0.260 e. The molecule has 4 heterocycles. The third-order valence-electron chi connectivity index (χ3n) is 5.58. The first-order valence-electron chi connectivity index (χ1n) is 10.6. The Morgan fingerprint density at radius 1 is 1.12 bits per heavy atom. The molecule has 1 atom stereocenters. The van der Waals surface area contributed by atoms with E-state index in [-0.39, 0.29) is 11.7 Å². The van der Waals surface area contributed by atoms with E-state index in [9.17, 15) is 4.79 Å². The standard InChI is InChI=1S/C24H19N5O3S2/c1-29-21(18-11-31-16-9-5-6-10-17(16)32-18)27-28-24(29)34-13-19-25-22(30)20-15(12-33-23(20)26-19)14-7-3-2-4-8-14/h2-10,12,18H,11,13H2,1H3,(H,25,26,30). The number of aromatic nitrogens is 5. The number of thiophene rings is 1. The lowest BCUT2D eigenvalue weighted by atomic mass is 10.1. The lowest BCUT2D eigenvalue weighted by molar-refractivity contribution is 0.0825. The van der Waals surface area contributed by atoms with Crippen molar-refractivity contribution < 1.29 is 9.47 Å². The van der Waals surface area contributed by atoms with Crippen LogP contribution in [-0.4, -0.2) is 31.3 Å². The van der Waals surface area contributed by atoms with Crippen molar-refractivity contribution in [1.29, 1.82) is 0 Å². The molecule has 0 bridgehead atoms. The third kappa shape index (κ3) is 3.74. The van der Waals surface area contributed by atoms with Crippen LogP contribution in [-0.2, 0) is 12.8 Å². The summed E-state index contributed by atoms with van der Waals surface area (Å²) < 4.78 is 13.8. The van der Waals surface area contributed by atoms with Crippen LogP contribution in [0.5, 0.6) is 11.5 Å². The molecule has 2 aromatic carbocycles. The molecule has 1 unspecified atom stereocenters. The molecule has 0 amide bonds. The number of nitrogens with zero attached hydrogens (tertiary/aromatic N) is 4. The molecule has 0 fully saturated rings. The fourth-order valence-electron chi connectivity index (χ4n) is 3.90. The number of ether oxygens (including phenoxy) is 2. The number of rotatable bonds is 5. The van der Waals surface area contributed by atoms with Crippen molar-refractivity contribution in [3.05, 3.63) is 82.0 Å². The van der Waals surface area contributed by atoms with Gasteiger partial charge in [0.2, 0.25) is 0 Å². The highest BCUT2D eigenvalue weighted by atomic mass is 32.2. The molecule has 3 aromatic heterocycles. The molecule has 1 aliphatic rings. The zero-order valence-corrected chi connectivity index (χ0v) is 19.7. The van der Waals surface area contributed by atoms with Crippen LogP contribution >= 0.6 is 23.1 Å². The second-order valence-corrected chi connectivity index (χ2v) is 9.56. The van der Waals surface area contributed by atoms with E-state index in [0.29, 0.717) is 40.3 Å². The summed E-state index contributed by atoms with van der Waals surface area (Å²) in [5, 5.41) is 12.0. The summed E-state index contributed by atoms with van der Waals surface area (Å²) in [7, 11) is 1.90.